The van der Waals surface area contributed by atoms with E-state index in [9.17, 15) is 14.9 Å². The Morgan fingerprint density at radius 1 is 1.47 bits per heavy atom. The Morgan fingerprint density at radius 2 is 2.21 bits per heavy atom. The zero-order valence-corrected chi connectivity index (χ0v) is 10.7. The largest absolute Gasteiger partial charge is 0.464 e. The van der Waals surface area contributed by atoms with E-state index in [1.54, 1.807) is 7.11 Å². The average Bonchev–Trinajstić information content (AvgIpc) is 2.42. The minimum absolute atomic E-state index is 0.0161. The highest BCUT2D eigenvalue weighted by atomic mass is 16.6. The van der Waals surface area contributed by atoms with E-state index in [4.69, 9.17) is 4.74 Å². The van der Waals surface area contributed by atoms with Crippen LogP contribution in [0.5, 0.6) is 0 Å². The summed E-state index contributed by atoms with van der Waals surface area (Å²) < 4.78 is 9.38. The van der Waals surface area contributed by atoms with Crippen molar-refractivity contribution in [3.05, 3.63) is 27.9 Å². The van der Waals surface area contributed by atoms with E-state index in [-0.39, 0.29) is 17.2 Å². The molecule has 0 radical (unpaired) electrons. The van der Waals surface area contributed by atoms with Gasteiger partial charge in [0.05, 0.1) is 12.0 Å². The Labute approximate surface area is 109 Å². The van der Waals surface area contributed by atoms with Gasteiger partial charge in [-0.15, -0.1) is 0 Å². The number of methoxy groups -OCH3 is 2. The molecule has 1 rings (SSSR count). The Balaban J connectivity index is 2.89. The molecule has 1 aromatic heterocycles. The Bertz CT molecular complexity index is 464. The van der Waals surface area contributed by atoms with Gasteiger partial charge in [-0.2, -0.15) is 0 Å². The molecule has 8 nitrogen and oxygen atoms in total. The first-order chi connectivity index (χ1) is 9.10. The minimum atomic E-state index is -0.644. The molecular formula is C11H15N3O5. The molecular weight excluding hydrogens is 254 g/mol. The van der Waals surface area contributed by atoms with E-state index in [1.807, 2.05) is 0 Å². The smallest absolute Gasteiger partial charge is 0.356 e. The lowest BCUT2D eigenvalue weighted by molar-refractivity contribution is -0.384. The van der Waals surface area contributed by atoms with Crippen LogP contribution in [0.3, 0.4) is 0 Å². The normalized spacial score (nSPS) is 10.0. The highest BCUT2D eigenvalue weighted by Gasteiger charge is 2.18. The molecule has 0 saturated carbocycles. The van der Waals surface area contributed by atoms with Gasteiger partial charge in [0, 0.05) is 26.3 Å². The molecule has 1 heterocycles. The number of esters is 1. The van der Waals surface area contributed by atoms with Crippen molar-refractivity contribution < 1.29 is 19.2 Å². The number of nitrogens with one attached hydrogen (secondary N) is 1. The third-order valence-corrected chi connectivity index (χ3v) is 2.28. The second-order valence-electron chi connectivity index (χ2n) is 3.59. The summed E-state index contributed by atoms with van der Waals surface area (Å²) >= 11 is 0. The van der Waals surface area contributed by atoms with Gasteiger partial charge in [0.25, 0.3) is 0 Å². The van der Waals surface area contributed by atoms with Crippen LogP contribution in [0, 0.1) is 10.1 Å². The quantitative estimate of drug-likeness (QED) is 0.343. The predicted molar refractivity (Wildman–Crippen MR) is 67.2 cm³/mol. The maximum Gasteiger partial charge on any atom is 0.356 e. The lowest BCUT2D eigenvalue weighted by atomic mass is 10.3. The first kappa shape index (κ1) is 14.8. The minimum Gasteiger partial charge on any atom is -0.464 e. The zero-order chi connectivity index (χ0) is 14.3. The van der Waals surface area contributed by atoms with Gasteiger partial charge in [0.15, 0.2) is 5.69 Å². The van der Waals surface area contributed by atoms with Gasteiger partial charge in [-0.3, -0.25) is 10.1 Å². The summed E-state index contributed by atoms with van der Waals surface area (Å²) in [6.07, 6.45) is 0.664. The molecule has 0 aliphatic carbocycles. The second-order valence-corrected chi connectivity index (χ2v) is 3.59. The van der Waals surface area contributed by atoms with Crippen molar-refractivity contribution in [3.63, 3.8) is 0 Å². The van der Waals surface area contributed by atoms with Gasteiger partial charge in [-0.05, 0) is 12.5 Å². The topological polar surface area (TPSA) is 104 Å². The third kappa shape index (κ3) is 4.18. The number of carbonyl (C=O) groups excluding carboxylic acids is 1. The van der Waals surface area contributed by atoms with E-state index in [1.165, 1.54) is 19.2 Å². The number of ether oxygens (including phenoxy) is 2. The second kappa shape index (κ2) is 7.27. The number of anilines is 1. The predicted octanol–water partition coefficient (Wildman–Crippen LogP) is 1.22. The lowest BCUT2D eigenvalue weighted by Crippen LogP contribution is -2.11. The molecule has 8 heteroatoms. The fraction of sp³-hybridized carbons (Fsp3) is 0.455. The van der Waals surface area contributed by atoms with Gasteiger partial charge in [0.1, 0.15) is 0 Å². The summed E-state index contributed by atoms with van der Waals surface area (Å²) in [5, 5.41) is 13.7. The molecule has 19 heavy (non-hydrogen) atoms. The van der Waals surface area contributed by atoms with Crippen LogP contribution in [0.2, 0.25) is 0 Å². The molecule has 0 saturated heterocycles. The molecule has 1 N–H and O–H groups in total. The van der Waals surface area contributed by atoms with Crippen molar-refractivity contribution in [3.8, 4) is 0 Å². The lowest BCUT2D eigenvalue weighted by Gasteiger charge is -2.07. The Kier molecular flexibility index (Phi) is 5.68. The first-order valence-electron chi connectivity index (χ1n) is 5.56. The Hall–Kier alpha value is -2.22. The molecule has 0 aromatic carbocycles. The molecule has 0 amide bonds. The third-order valence-electron chi connectivity index (χ3n) is 2.28. The van der Waals surface area contributed by atoms with Gasteiger partial charge in [-0.1, -0.05) is 0 Å². The molecule has 0 bridgehead atoms. The number of nitro groups is 1. The van der Waals surface area contributed by atoms with E-state index >= 15 is 0 Å². The molecule has 104 valence electrons. The van der Waals surface area contributed by atoms with E-state index in [0.717, 1.165) is 0 Å². The van der Waals surface area contributed by atoms with Gasteiger partial charge in [0.2, 0.25) is 5.82 Å². The van der Waals surface area contributed by atoms with E-state index in [0.29, 0.717) is 19.6 Å². The number of carbonyl (C=O) groups is 1. The van der Waals surface area contributed by atoms with Gasteiger partial charge in [-0.25, -0.2) is 9.78 Å². The highest BCUT2D eigenvalue weighted by molar-refractivity contribution is 5.88. The van der Waals surface area contributed by atoms with Crippen LogP contribution in [-0.4, -0.2) is 43.2 Å². The zero-order valence-electron chi connectivity index (χ0n) is 10.7. The fourth-order valence-corrected chi connectivity index (χ4v) is 1.37. The van der Waals surface area contributed by atoms with E-state index < -0.39 is 10.9 Å². The summed E-state index contributed by atoms with van der Waals surface area (Å²) in [4.78, 5) is 25.5. The fourth-order valence-electron chi connectivity index (χ4n) is 1.37. The molecule has 1 aromatic rings. The van der Waals surface area contributed by atoms with Crippen LogP contribution in [0.4, 0.5) is 11.5 Å². The maximum atomic E-state index is 11.3. The van der Waals surface area contributed by atoms with Crippen LogP contribution < -0.4 is 5.32 Å². The van der Waals surface area contributed by atoms with Crippen molar-refractivity contribution in [2.24, 2.45) is 0 Å². The Morgan fingerprint density at radius 3 is 2.79 bits per heavy atom. The summed E-state index contributed by atoms with van der Waals surface area (Å²) in [6.45, 7) is 0.976. The SMILES string of the molecule is COCCCNc1nc(C(=O)OC)ccc1[N+](=O)[O-]. The first-order valence-corrected chi connectivity index (χ1v) is 5.56. The van der Waals surface area contributed by atoms with Gasteiger partial charge < -0.3 is 14.8 Å². The van der Waals surface area contributed by atoms with Crippen LogP contribution in [0.25, 0.3) is 0 Å². The summed E-state index contributed by atoms with van der Waals surface area (Å²) in [7, 11) is 2.79. The summed E-state index contributed by atoms with van der Waals surface area (Å²) in [5.74, 6) is -0.598. The number of rotatable bonds is 7. The molecule has 0 spiro atoms. The van der Waals surface area contributed by atoms with Crippen molar-refractivity contribution in [2.45, 2.75) is 6.42 Å². The van der Waals surface area contributed by atoms with Crippen molar-refractivity contribution in [1.29, 1.82) is 0 Å². The number of hydrogen-bond donors (Lipinski definition) is 1. The number of aromatic nitrogens is 1. The van der Waals surface area contributed by atoms with Crippen molar-refractivity contribution in [1.82, 2.24) is 4.98 Å². The standard InChI is InChI=1S/C11H15N3O5/c1-18-7-3-6-12-10-9(14(16)17)5-4-8(13-10)11(15)19-2/h4-5H,3,6-7H2,1-2H3,(H,12,13). The average molecular weight is 269 g/mol. The number of hydrogen-bond acceptors (Lipinski definition) is 7. The number of pyridine rings is 1. The molecule has 0 unspecified atom stereocenters. The van der Waals surface area contributed by atoms with Crippen LogP contribution >= 0.6 is 0 Å². The summed E-state index contributed by atoms with van der Waals surface area (Å²) in [6, 6.07) is 2.47. The highest BCUT2D eigenvalue weighted by Crippen LogP contribution is 2.22. The van der Waals surface area contributed by atoms with Crippen LogP contribution in [0.15, 0.2) is 12.1 Å². The summed E-state index contributed by atoms with van der Waals surface area (Å²) in [5.41, 5.74) is -0.174. The maximum absolute atomic E-state index is 11.3. The van der Waals surface area contributed by atoms with Crippen LogP contribution in [0.1, 0.15) is 16.9 Å². The number of nitrogens with zero attached hydrogens (tertiary/aromatic N) is 2. The van der Waals surface area contributed by atoms with Crippen molar-refractivity contribution in [2.75, 3.05) is 32.7 Å². The molecule has 0 aliphatic heterocycles. The van der Waals surface area contributed by atoms with Crippen LogP contribution in [-0.2, 0) is 9.47 Å². The molecule has 0 fully saturated rings. The monoisotopic (exact) mass is 269 g/mol. The van der Waals surface area contributed by atoms with Gasteiger partial charge >= 0.3 is 11.7 Å². The molecule has 0 atom stereocenters. The van der Waals surface area contributed by atoms with E-state index in [2.05, 4.69) is 15.0 Å². The van der Waals surface area contributed by atoms with Crippen molar-refractivity contribution >= 4 is 17.5 Å². The molecule has 0 aliphatic rings.